The molecule has 0 bridgehead atoms. The van der Waals surface area contributed by atoms with Crippen molar-refractivity contribution in [2.45, 2.75) is 44.2 Å². The molecule has 2 N–H and O–H groups in total. The molecule has 0 aliphatic carbocycles. The third-order valence-electron chi connectivity index (χ3n) is 8.65. The Kier molecular flexibility index (Phi) is 7.16. The number of pyridine rings is 1. The first kappa shape index (κ1) is 29.0. The van der Waals surface area contributed by atoms with E-state index in [1.807, 2.05) is 44.2 Å². The van der Waals surface area contributed by atoms with E-state index < -0.39 is 40.9 Å². The summed E-state index contributed by atoms with van der Waals surface area (Å²) in [6.07, 6.45) is 3.78. The molecule has 9 nitrogen and oxygen atoms in total. The quantitative estimate of drug-likeness (QED) is 0.324. The van der Waals surface area contributed by atoms with Gasteiger partial charge >= 0.3 is 0 Å². The van der Waals surface area contributed by atoms with Crippen molar-refractivity contribution < 1.29 is 23.2 Å². The van der Waals surface area contributed by atoms with Crippen LogP contribution in [0.25, 0.3) is 22.0 Å². The molecule has 1 spiro atoms. The van der Waals surface area contributed by atoms with Crippen molar-refractivity contribution in [2.75, 3.05) is 18.9 Å². The topological polar surface area (TPSA) is 122 Å². The summed E-state index contributed by atoms with van der Waals surface area (Å²) in [6, 6.07) is 12.8. The molecule has 0 unspecified atom stereocenters. The maximum Gasteiger partial charge on any atom is 0.270 e. The van der Waals surface area contributed by atoms with Gasteiger partial charge in [0.1, 0.15) is 29.4 Å². The largest absolute Gasteiger partial charge is 0.350 e. The molecule has 2 aliphatic heterocycles. The Bertz CT molecular complexity index is 1850. The van der Waals surface area contributed by atoms with Crippen molar-refractivity contribution in [1.82, 2.24) is 19.8 Å². The fourth-order valence-electron chi connectivity index (χ4n) is 6.41. The Balaban J connectivity index is 1.33. The molecule has 11 heteroatoms. The highest BCUT2D eigenvalue weighted by atomic mass is 19.1. The zero-order valence-corrected chi connectivity index (χ0v) is 24.4. The van der Waals surface area contributed by atoms with Crippen LogP contribution in [0.4, 0.5) is 14.5 Å². The minimum Gasteiger partial charge on any atom is -0.350 e. The van der Waals surface area contributed by atoms with E-state index in [4.69, 9.17) is 0 Å². The van der Waals surface area contributed by atoms with Gasteiger partial charge in [0.15, 0.2) is 0 Å². The fourth-order valence-corrected chi connectivity index (χ4v) is 6.41. The third kappa shape index (κ3) is 4.76. The van der Waals surface area contributed by atoms with Crippen LogP contribution in [0.15, 0.2) is 60.9 Å². The van der Waals surface area contributed by atoms with Gasteiger partial charge in [-0.15, -0.1) is 0 Å². The highest BCUT2D eigenvalue weighted by molar-refractivity contribution is 6.08. The highest BCUT2D eigenvalue weighted by Crippen LogP contribution is 2.48. The second-order valence-corrected chi connectivity index (χ2v) is 11.9. The van der Waals surface area contributed by atoms with Crippen molar-refractivity contribution in [3.05, 3.63) is 83.8 Å². The fraction of sp³-hybridized carbons (Fsp3) is 0.303. The predicted octanol–water partition coefficient (Wildman–Crippen LogP) is 5.01. The third-order valence-corrected chi connectivity index (χ3v) is 8.65. The maximum absolute atomic E-state index is 14.4. The van der Waals surface area contributed by atoms with Crippen LogP contribution >= 0.6 is 0 Å². The summed E-state index contributed by atoms with van der Waals surface area (Å²) in [4.78, 5) is 51.1. The number of H-pyrrole nitrogens is 1. The number of aromatic amines is 1. The first-order chi connectivity index (χ1) is 21.0. The summed E-state index contributed by atoms with van der Waals surface area (Å²) in [5.41, 5.74) is 2.02. The lowest BCUT2D eigenvalue weighted by Crippen LogP contribution is -2.52. The minimum atomic E-state index is -1.15. The summed E-state index contributed by atoms with van der Waals surface area (Å²) >= 11 is 0. The number of nitrogens with one attached hydrogen (secondary N) is 2. The zero-order chi connectivity index (χ0) is 31.3. The van der Waals surface area contributed by atoms with Gasteiger partial charge in [-0.2, -0.15) is 5.26 Å². The lowest BCUT2D eigenvalue weighted by molar-refractivity contribution is -0.136. The van der Waals surface area contributed by atoms with Gasteiger partial charge in [0, 0.05) is 49.5 Å². The number of amides is 3. The van der Waals surface area contributed by atoms with Gasteiger partial charge in [-0.1, -0.05) is 26.0 Å². The minimum absolute atomic E-state index is 0.00434. The predicted molar refractivity (Wildman–Crippen MR) is 159 cm³/mol. The Labute approximate surface area is 252 Å². The zero-order valence-electron chi connectivity index (χ0n) is 24.4. The SMILES string of the molecule is CC(C)C[C@@H](C(=O)N1C[C@]2(C[C@H]1C#N)C(=O)Nc1ccc(-c3cccnc3)cc12)N(C)C(=O)c1cc2c(F)cc(F)cc2[nH]1. The van der Waals surface area contributed by atoms with E-state index in [9.17, 15) is 28.4 Å². The molecule has 2 aromatic heterocycles. The molecule has 44 heavy (non-hydrogen) atoms. The number of rotatable bonds is 6. The number of hydrogen-bond donors (Lipinski definition) is 2. The smallest absolute Gasteiger partial charge is 0.270 e. The van der Waals surface area contributed by atoms with Gasteiger partial charge < -0.3 is 20.1 Å². The summed E-state index contributed by atoms with van der Waals surface area (Å²) in [6.45, 7) is 3.79. The number of nitriles is 1. The van der Waals surface area contributed by atoms with Crippen LogP contribution in [0.2, 0.25) is 0 Å². The average molecular weight is 597 g/mol. The van der Waals surface area contributed by atoms with Crippen molar-refractivity contribution in [3.8, 4) is 17.2 Å². The molecular formula is C33H30F2N6O3. The number of nitrogens with zero attached hydrogens (tertiary/aromatic N) is 4. The van der Waals surface area contributed by atoms with Crippen LogP contribution in [0.3, 0.4) is 0 Å². The standard InChI is InChI=1S/C33H30F2N6O3/c1-18(2)9-29(40(3)30(42)28-13-23-25(35)11-21(34)12-27(23)38-28)31(43)41-17-33(14-22(41)15-36)24-10-19(20-5-4-8-37-16-20)6-7-26(24)39-32(33)44/h4-8,10-13,16,18,22,29,38H,9,14,17H2,1-3H3,(H,39,44)/t22-,29-,33-/m0/s1. The summed E-state index contributed by atoms with van der Waals surface area (Å²) in [5, 5.41) is 13.2. The Hall–Kier alpha value is -5.11. The molecule has 0 saturated carbocycles. The molecule has 3 atom stereocenters. The van der Waals surface area contributed by atoms with Gasteiger partial charge in [-0.3, -0.25) is 19.4 Å². The Morgan fingerprint density at radius 2 is 1.98 bits per heavy atom. The van der Waals surface area contributed by atoms with E-state index in [1.165, 1.54) is 22.9 Å². The summed E-state index contributed by atoms with van der Waals surface area (Å²) in [7, 11) is 1.47. The van der Waals surface area contributed by atoms with E-state index in [0.29, 0.717) is 11.3 Å². The van der Waals surface area contributed by atoms with Crippen LogP contribution < -0.4 is 5.32 Å². The molecular weight excluding hydrogens is 566 g/mol. The van der Waals surface area contributed by atoms with Crippen LogP contribution in [0.5, 0.6) is 0 Å². The average Bonchev–Trinajstić information content (AvgIpc) is 3.69. The first-order valence-corrected chi connectivity index (χ1v) is 14.3. The van der Waals surface area contributed by atoms with Crippen molar-refractivity contribution >= 4 is 34.3 Å². The number of hydrogen-bond acceptors (Lipinski definition) is 5. The number of carbonyl (C=O) groups is 3. The number of halogens is 2. The van der Waals surface area contributed by atoms with E-state index >= 15 is 0 Å². The van der Waals surface area contributed by atoms with E-state index in [0.717, 1.165) is 23.3 Å². The second kappa shape index (κ2) is 10.9. The molecule has 2 aromatic carbocycles. The van der Waals surface area contributed by atoms with Gasteiger partial charge in [0.25, 0.3) is 5.91 Å². The van der Waals surface area contributed by atoms with Crippen molar-refractivity contribution in [1.29, 1.82) is 5.26 Å². The van der Waals surface area contributed by atoms with Crippen LogP contribution in [0.1, 0.15) is 42.7 Å². The number of fused-ring (bicyclic) bond motifs is 3. The molecule has 0 radical (unpaired) electrons. The summed E-state index contributed by atoms with van der Waals surface area (Å²) < 4.78 is 28.1. The molecule has 4 heterocycles. The van der Waals surface area contributed by atoms with Crippen LogP contribution in [0, 0.1) is 28.9 Å². The number of carbonyl (C=O) groups excluding carboxylic acids is 3. The van der Waals surface area contributed by atoms with Crippen LogP contribution in [-0.2, 0) is 15.0 Å². The van der Waals surface area contributed by atoms with Gasteiger partial charge in [-0.05, 0) is 59.4 Å². The van der Waals surface area contributed by atoms with E-state index in [-0.39, 0.29) is 47.8 Å². The molecule has 1 saturated heterocycles. The molecule has 2 aliphatic rings. The normalized spacial score (nSPS) is 19.7. The lowest BCUT2D eigenvalue weighted by atomic mass is 9.79. The lowest BCUT2D eigenvalue weighted by Gasteiger charge is -2.33. The number of likely N-dealkylation sites (N-methyl/N-ethyl adjacent to an activating group) is 1. The number of anilines is 1. The van der Waals surface area contributed by atoms with Crippen molar-refractivity contribution in [2.24, 2.45) is 5.92 Å². The van der Waals surface area contributed by atoms with E-state index in [1.54, 1.807) is 12.4 Å². The second-order valence-electron chi connectivity index (χ2n) is 11.9. The molecule has 6 rings (SSSR count). The summed E-state index contributed by atoms with van der Waals surface area (Å²) in [5.74, 6) is -2.95. The monoisotopic (exact) mass is 596 g/mol. The number of likely N-dealkylation sites (tertiary alicyclic amines) is 1. The van der Waals surface area contributed by atoms with Crippen LogP contribution in [-0.4, -0.2) is 63.2 Å². The van der Waals surface area contributed by atoms with E-state index in [2.05, 4.69) is 21.4 Å². The number of benzene rings is 2. The number of aromatic nitrogens is 2. The Morgan fingerprint density at radius 1 is 1.18 bits per heavy atom. The first-order valence-electron chi connectivity index (χ1n) is 14.3. The molecule has 224 valence electrons. The highest BCUT2D eigenvalue weighted by Gasteiger charge is 2.57. The molecule has 3 amide bonds. The van der Waals surface area contributed by atoms with Gasteiger partial charge in [0.05, 0.1) is 17.0 Å². The van der Waals surface area contributed by atoms with Gasteiger partial charge in [0.2, 0.25) is 11.8 Å². The molecule has 1 fully saturated rings. The Morgan fingerprint density at radius 3 is 2.68 bits per heavy atom. The van der Waals surface area contributed by atoms with Gasteiger partial charge in [-0.25, -0.2) is 8.78 Å². The maximum atomic E-state index is 14.4. The van der Waals surface area contributed by atoms with Crippen molar-refractivity contribution in [3.63, 3.8) is 0 Å². The molecule has 4 aromatic rings.